The SMILES string of the molecule is CSc1cccc(F)c1-c1ncc[nH]1. The third-order valence-electron chi connectivity index (χ3n) is 1.93. The second-order valence-corrected chi connectivity index (χ2v) is 3.60. The van der Waals surface area contributed by atoms with Gasteiger partial charge in [-0.3, -0.25) is 0 Å². The molecule has 2 rings (SSSR count). The summed E-state index contributed by atoms with van der Waals surface area (Å²) in [5, 5.41) is 0. The summed E-state index contributed by atoms with van der Waals surface area (Å²) in [6, 6.07) is 5.02. The number of aromatic amines is 1. The highest BCUT2D eigenvalue weighted by Gasteiger charge is 2.11. The van der Waals surface area contributed by atoms with E-state index in [2.05, 4.69) is 9.97 Å². The first-order valence-electron chi connectivity index (χ1n) is 4.15. The molecule has 0 amide bonds. The number of imidazole rings is 1. The Labute approximate surface area is 85.6 Å². The number of benzene rings is 1. The molecule has 0 bridgehead atoms. The normalized spacial score (nSPS) is 10.4. The summed E-state index contributed by atoms with van der Waals surface area (Å²) in [6.45, 7) is 0. The van der Waals surface area contributed by atoms with Crippen molar-refractivity contribution in [3.63, 3.8) is 0 Å². The van der Waals surface area contributed by atoms with E-state index in [1.54, 1.807) is 18.5 Å². The molecule has 4 heteroatoms. The zero-order chi connectivity index (χ0) is 9.97. The molecule has 0 fully saturated rings. The van der Waals surface area contributed by atoms with E-state index in [-0.39, 0.29) is 5.82 Å². The molecular weight excluding hydrogens is 199 g/mol. The van der Waals surface area contributed by atoms with Gasteiger partial charge in [0, 0.05) is 17.3 Å². The van der Waals surface area contributed by atoms with Crippen molar-refractivity contribution in [1.29, 1.82) is 0 Å². The van der Waals surface area contributed by atoms with Gasteiger partial charge in [-0.1, -0.05) is 6.07 Å². The molecule has 72 valence electrons. The van der Waals surface area contributed by atoms with E-state index in [0.29, 0.717) is 11.4 Å². The molecule has 0 atom stereocenters. The Balaban J connectivity index is 2.61. The number of nitrogens with one attached hydrogen (secondary N) is 1. The van der Waals surface area contributed by atoms with Gasteiger partial charge in [0.25, 0.3) is 0 Å². The van der Waals surface area contributed by atoms with E-state index in [0.717, 1.165) is 4.90 Å². The lowest BCUT2D eigenvalue weighted by atomic mass is 10.2. The lowest BCUT2D eigenvalue weighted by molar-refractivity contribution is 0.627. The van der Waals surface area contributed by atoms with Crippen LogP contribution in [0.2, 0.25) is 0 Å². The Hall–Kier alpha value is -1.29. The van der Waals surface area contributed by atoms with Crippen molar-refractivity contribution in [1.82, 2.24) is 9.97 Å². The Morgan fingerprint density at radius 2 is 2.29 bits per heavy atom. The smallest absolute Gasteiger partial charge is 0.141 e. The Kier molecular flexibility index (Phi) is 2.54. The lowest BCUT2D eigenvalue weighted by Gasteiger charge is -2.04. The Morgan fingerprint density at radius 3 is 2.93 bits per heavy atom. The van der Waals surface area contributed by atoms with Gasteiger partial charge in [-0.05, 0) is 18.4 Å². The molecule has 1 heterocycles. The molecule has 0 aliphatic heterocycles. The second-order valence-electron chi connectivity index (χ2n) is 2.75. The summed E-state index contributed by atoms with van der Waals surface area (Å²) in [6.07, 6.45) is 5.22. The van der Waals surface area contributed by atoms with Crippen LogP contribution in [0, 0.1) is 5.82 Å². The topological polar surface area (TPSA) is 28.7 Å². The van der Waals surface area contributed by atoms with Crippen molar-refractivity contribution < 1.29 is 4.39 Å². The first kappa shape index (κ1) is 9.27. The van der Waals surface area contributed by atoms with E-state index in [1.165, 1.54) is 17.8 Å². The monoisotopic (exact) mass is 208 g/mol. The predicted octanol–water partition coefficient (Wildman–Crippen LogP) is 2.94. The molecule has 2 aromatic rings. The predicted molar refractivity (Wildman–Crippen MR) is 55.8 cm³/mol. The van der Waals surface area contributed by atoms with Crippen LogP contribution < -0.4 is 0 Å². The molecule has 0 spiro atoms. The maximum atomic E-state index is 13.5. The van der Waals surface area contributed by atoms with Gasteiger partial charge in [-0.15, -0.1) is 11.8 Å². The minimum atomic E-state index is -0.244. The van der Waals surface area contributed by atoms with Gasteiger partial charge in [-0.25, -0.2) is 9.37 Å². The number of thioether (sulfide) groups is 1. The number of halogens is 1. The van der Waals surface area contributed by atoms with Crippen LogP contribution in [0.5, 0.6) is 0 Å². The minimum Gasteiger partial charge on any atom is -0.345 e. The molecule has 0 aliphatic rings. The average Bonchev–Trinajstić information content (AvgIpc) is 2.70. The first-order valence-corrected chi connectivity index (χ1v) is 5.37. The van der Waals surface area contributed by atoms with Gasteiger partial charge < -0.3 is 4.98 Å². The highest BCUT2D eigenvalue weighted by Crippen LogP contribution is 2.29. The quantitative estimate of drug-likeness (QED) is 0.769. The molecule has 0 radical (unpaired) electrons. The average molecular weight is 208 g/mol. The van der Waals surface area contributed by atoms with Gasteiger partial charge in [-0.2, -0.15) is 0 Å². The number of H-pyrrole nitrogens is 1. The molecule has 0 saturated heterocycles. The van der Waals surface area contributed by atoms with Crippen LogP contribution in [0.1, 0.15) is 0 Å². The van der Waals surface area contributed by atoms with Gasteiger partial charge in [0.1, 0.15) is 11.6 Å². The van der Waals surface area contributed by atoms with Gasteiger partial charge in [0.15, 0.2) is 0 Å². The van der Waals surface area contributed by atoms with Crippen molar-refractivity contribution in [2.24, 2.45) is 0 Å². The number of hydrogen-bond donors (Lipinski definition) is 1. The number of hydrogen-bond acceptors (Lipinski definition) is 2. The Morgan fingerprint density at radius 1 is 1.43 bits per heavy atom. The maximum absolute atomic E-state index is 13.5. The highest BCUT2D eigenvalue weighted by atomic mass is 32.2. The van der Waals surface area contributed by atoms with Crippen molar-refractivity contribution in [3.05, 3.63) is 36.4 Å². The molecular formula is C10H9FN2S. The van der Waals surface area contributed by atoms with Gasteiger partial charge in [0.05, 0.1) is 5.56 Å². The van der Waals surface area contributed by atoms with Crippen LogP contribution in [-0.2, 0) is 0 Å². The largest absolute Gasteiger partial charge is 0.345 e. The van der Waals surface area contributed by atoms with Gasteiger partial charge in [0.2, 0.25) is 0 Å². The molecule has 1 aromatic heterocycles. The van der Waals surface area contributed by atoms with Crippen LogP contribution in [0.4, 0.5) is 4.39 Å². The number of rotatable bonds is 2. The van der Waals surface area contributed by atoms with Crippen molar-refractivity contribution in [2.75, 3.05) is 6.26 Å². The zero-order valence-electron chi connectivity index (χ0n) is 7.62. The van der Waals surface area contributed by atoms with E-state index in [9.17, 15) is 4.39 Å². The molecule has 0 saturated carbocycles. The summed E-state index contributed by atoms with van der Waals surface area (Å²) in [5.74, 6) is 0.333. The fourth-order valence-corrected chi connectivity index (χ4v) is 1.92. The van der Waals surface area contributed by atoms with Crippen molar-refractivity contribution in [3.8, 4) is 11.4 Å². The third-order valence-corrected chi connectivity index (χ3v) is 2.71. The lowest BCUT2D eigenvalue weighted by Crippen LogP contribution is -1.89. The Bertz CT molecular complexity index is 426. The van der Waals surface area contributed by atoms with Crippen LogP contribution in [-0.4, -0.2) is 16.2 Å². The maximum Gasteiger partial charge on any atom is 0.141 e. The summed E-state index contributed by atoms with van der Waals surface area (Å²) < 4.78 is 13.5. The van der Waals surface area contributed by atoms with E-state index in [1.807, 2.05) is 12.3 Å². The standard InChI is InChI=1S/C10H9FN2S/c1-14-8-4-2-3-7(11)9(8)10-12-5-6-13-10/h2-6H,1H3,(H,12,13). The summed E-state index contributed by atoms with van der Waals surface area (Å²) >= 11 is 1.51. The van der Waals surface area contributed by atoms with Crippen molar-refractivity contribution in [2.45, 2.75) is 4.90 Å². The van der Waals surface area contributed by atoms with Crippen LogP contribution >= 0.6 is 11.8 Å². The molecule has 2 nitrogen and oxygen atoms in total. The molecule has 1 N–H and O–H groups in total. The molecule has 14 heavy (non-hydrogen) atoms. The first-order chi connectivity index (χ1) is 6.83. The molecule has 1 aromatic carbocycles. The third kappa shape index (κ3) is 1.53. The number of nitrogens with zero attached hydrogens (tertiary/aromatic N) is 1. The summed E-state index contributed by atoms with van der Waals surface area (Å²) in [4.78, 5) is 7.84. The highest BCUT2D eigenvalue weighted by molar-refractivity contribution is 7.98. The fourth-order valence-electron chi connectivity index (χ4n) is 1.31. The zero-order valence-corrected chi connectivity index (χ0v) is 8.44. The summed E-state index contributed by atoms with van der Waals surface area (Å²) in [7, 11) is 0. The van der Waals surface area contributed by atoms with E-state index in [4.69, 9.17) is 0 Å². The molecule has 0 unspecified atom stereocenters. The van der Waals surface area contributed by atoms with E-state index >= 15 is 0 Å². The van der Waals surface area contributed by atoms with E-state index < -0.39 is 0 Å². The molecule has 0 aliphatic carbocycles. The second kappa shape index (κ2) is 3.84. The van der Waals surface area contributed by atoms with Crippen LogP contribution in [0.25, 0.3) is 11.4 Å². The van der Waals surface area contributed by atoms with Crippen LogP contribution in [0.3, 0.4) is 0 Å². The van der Waals surface area contributed by atoms with Gasteiger partial charge >= 0.3 is 0 Å². The van der Waals surface area contributed by atoms with Crippen LogP contribution in [0.15, 0.2) is 35.5 Å². The summed E-state index contributed by atoms with van der Waals surface area (Å²) in [5.41, 5.74) is 0.546. The minimum absolute atomic E-state index is 0.244. The fraction of sp³-hybridized carbons (Fsp3) is 0.100. The van der Waals surface area contributed by atoms with Crippen molar-refractivity contribution >= 4 is 11.8 Å². The number of aromatic nitrogens is 2.